The molecule has 0 heterocycles. The molecule has 0 bridgehead atoms. The molecule has 0 saturated carbocycles. The summed E-state index contributed by atoms with van der Waals surface area (Å²) in [4.78, 5) is 159. The molecule has 482 valence electrons. The van der Waals surface area contributed by atoms with Crippen LogP contribution in [0.4, 0.5) is 13.2 Å². The van der Waals surface area contributed by atoms with Crippen molar-refractivity contribution in [2.75, 3.05) is 55.9 Å². The van der Waals surface area contributed by atoms with Gasteiger partial charge in [0.2, 0.25) is 53.2 Å². The number of amides is 9. The Bertz CT molecular complexity index is 2280. The minimum atomic E-state index is -5.55. The Kier molecular flexibility index (Phi) is 32.5. The topological polar surface area (TPSA) is 288 Å². The van der Waals surface area contributed by atoms with Crippen molar-refractivity contribution < 1.29 is 75.4 Å². The number of esters is 2. The summed E-state index contributed by atoms with van der Waals surface area (Å²) < 4.78 is 51.8. The smallest absolute Gasteiger partial charge is 0.468 e. The highest BCUT2D eigenvalue weighted by Gasteiger charge is 2.50. The highest BCUT2D eigenvalue weighted by atomic mass is 19.4. The fourth-order valence-corrected chi connectivity index (χ4v) is 9.45. The highest BCUT2D eigenvalue weighted by Crippen LogP contribution is 2.28. The number of carbonyl (C=O) groups excluding carboxylic acids is 11. The van der Waals surface area contributed by atoms with Gasteiger partial charge in [-0.25, -0.2) is 4.79 Å². The Morgan fingerprint density at radius 1 is 0.536 bits per heavy atom. The number of alkyl halides is 3. The summed E-state index contributed by atoms with van der Waals surface area (Å²) >= 11 is 0. The quantitative estimate of drug-likeness (QED) is 0.0541. The molecule has 9 amide bonds. The largest absolute Gasteiger partial charge is 0.490 e. The van der Waals surface area contributed by atoms with E-state index in [9.17, 15) is 56.3 Å². The van der Waals surface area contributed by atoms with Crippen LogP contribution in [0, 0.1) is 35.5 Å². The second-order valence-electron chi connectivity index (χ2n) is 23.9. The lowest BCUT2D eigenvalue weighted by molar-refractivity contribution is -0.210. The molecule has 0 aromatic carbocycles. The predicted molar refractivity (Wildman–Crippen MR) is 310 cm³/mol. The number of halogens is 3. The minimum absolute atomic E-state index is 0.0225. The van der Waals surface area contributed by atoms with Crippen molar-refractivity contribution in [2.24, 2.45) is 41.2 Å². The summed E-state index contributed by atoms with van der Waals surface area (Å²) in [5.74, 6) is -13.0. The maximum absolute atomic E-state index is 15.1. The third-order valence-electron chi connectivity index (χ3n) is 14.7. The Morgan fingerprint density at radius 3 is 1.40 bits per heavy atom. The number of allylic oxidation sites excluding steroid dienone is 2. The van der Waals surface area contributed by atoms with Gasteiger partial charge in [-0.15, -0.1) is 0 Å². The number of methoxy groups -OCH3 is 1. The second kappa shape index (κ2) is 35.2. The van der Waals surface area contributed by atoms with Crippen molar-refractivity contribution in [3.63, 3.8) is 0 Å². The lowest BCUT2D eigenvalue weighted by atomic mass is 9.91. The van der Waals surface area contributed by atoms with Crippen LogP contribution in [-0.2, 0) is 62.2 Å². The van der Waals surface area contributed by atoms with E-state index < -0.39 is 150 Å². The summed E-state index contributed by atoms with van der Waals surface area (Å²) in [7, 11) is 8.95. The molecule has 26 heteroatoms. The van der Waals surface area contributed by atoms with Crippen LogP contribution >= 0.6 is 0 Å². The van der Waals surface area contributed by atoms with Gasteiger partial charge in [0.15, 0.2) is 0 Å². The van der Waals surface area contributed by atoms with Crippen LogP contribution in [-0.4, -0.2) is 217 Å². The van der Waals surface area contributed by atoms with Gasteiger partial charge in [-0.2, -0.15) is 13.2 Å². The lowest BCUT2D eigenvalue weighted by Crippen LogP contribution is -2.64. The first-order valence-electron chi connectivity index (χ1n) is 28.8. The van der Waals surface area contributed by atoms with E-state index in [0.717, 1.165) is 28.9 Å². The first-order valence-corrected chi connectivity index (χ1v) is 28.8. The van der Waals surface area contributed by atoms with Gasteiger partial charge in [0.1, 0.15) is 61.0 Å². The molecule has 5 N–H and O–H groups in total. The van der Waals surface area contributed by atoms with E-state index in [1.807, 2.05) is 27.7 Å². The molecule has 0 aromatic heterocycles. The van der Waals surface area contributed by atoms with Crippen molar-refractivity contribution in [3.05, 3.63) is 12.2 Å². The number of ether oxygens (including phenoxy) is 2. The summed E-state index contributed by atoms with van der Waals surface area (Å²) in [6.45, 7) is 24.5. The van der Waals surface area contributed by atoms with E-state index in [1.54, 1.807) is 60.6 Å². The molecule has 1 unspecified atom stereocenters. The molecular formula is C58H101F3N10O13. The monoisotopic (exact) mass is 1200 g/mol. The van der Waals surface area contributed by atoms with Gasteiger partial charge < -0.3 is 60.6 Å². The molecule has 0 fully saturated rings. The Morgan fingerprint density at radius 2 is 0.976 bits per heavy atom. The van der Waals surface area contributed by atoms with Crippen LogP contribution < -0.4 is 21.7 Å². The fourth-order valence-electron chi connectivity index (χ4n) is 9.45. The standard InChI is InChI=1S/C58H101F3N10O13/c1-23-25-26-36(13)47(84-57(82)58(59,60)61)46(50(75)65-39(24-2)52(77)66(16)30-43(72)83-22)71(21)56(81)45(35(11)12)70(20)54(79)42(29-33(7)8)69(19)53(78)41(28-32(5)6)68(18)51(76)38(15)64-48(73)37(14)63-49(74)40(27-31(3)4)67(17)55(80)44(62)34(9)10/h23,25,31-42,44-47H,24,26-30,62H2,1-22H3,(H,63,74)(H,64,73)(H,65,75)/b25-23+/t36-,37-,38?,39+,40+,41+,42+,44+,45+,46+,47-/m1/s1. The van der Waals surface area contributed by atoms with Gasteiger partial charge >= 0.3 is 18.1 Å². The molecule has 0 aromatic rings. The Labute approximate surface area is 496 Å². The molecule has 0 aliphatic rings. The molecule has 0 saturated heterocycles. The first-order chi connectivity index (χ1) is 38.6. The van der Waals surface area contributed by atoms with Crippen LogP contribution in [0.5, 0.6) is 0 Å². The maximum atomic E-state index is 15.1. The summed E-state index contributed by atoms with van der Waals surface area (Å²) in [5, 5.41) is 7.75. The van der Waals surface area contributed by atoms with Gasteiger partial charge in [0.25, 0.3) is 0 Å². The van der Waals surface area contributed by atoms with E-state index in [0.29, 0.717) is 0 Å². The Balaban J connectivity index is 7.39. The van der Waals surface area contributed by atoms with Gasteiger partial charge in [0, 0.05) is 42.3 Å². The van der Waals surface area contributed by atoms with Crippen LogP contribution in [0.1, 0.15) is 136 Å². The number of likely N-dealkylation sites (N-methyl/N-ethyl adjacent to an activating group) is 6. The third-order valence-corrected chi connectivity index (χ3v) is 14.7. The van der Waals surface area contributed by atoms with Gasteiger partial charge in [0.05, 0.1) is 13.2 Å². The normalized spacial score (nSPS) is 15.8. The number of nitrogens with two attached hydrogens (primary N) is 1. The molecule has 84 heavy (non-hydrogen) atoms. The molecule has 0 aliphatic carbocycles. The van der Waals surface area contributed by atoms with E-state index in [1.165, 1.54) is 77.6 Å². The zero-order valence-corrected chi connectivity index (χ0v) is 53.8. The molecule has 23 nitrogen and oxygen atoms in total. The van der Waals surface area contributed by atoms with Crippen LogP contribution in [0.15, 0.2) is 12.2 Å². The number of hydrogen-bond donors (Lipinski definition) is 4. The first kappa shape index (κ1) is 77.7. The zero-order valence-electron chi connectivity index (χ0n) is 53.8. The van der Waals surface area contributed by atoms with E-state index in [4.69, 9.17) is 10.5 Å². The van der Waals surface area contributed by atoms with Crippen LogP contribution in [0.3, 0.4) is 0 Å². The fraction of sp³-hybridized carbons (Fsp3) is 0.776. The number of rotatable bonds is 33. The molecule has 0 aliphatic heterocycles. The zero-order chi connectivity index (χ0) is 65.7. The molecule has 0 spiro atoms. The van der Waals surface area contributed by atoms with E-state index in [-0.39, 0.29) is 55.8 Å². The summed E-state index contributed by atoms with van der Waals surface area (Å²) in [6, 6.07) is -11.8. The number of nitrogens with one attached hydrogen (secondary N) is 3. The molecule has 0 radical (unpaired) electrons. The summed E-state index contributed by atoms with van der Waals surface area (Å²) in [5.41, 5.74) is 6.13. The number of nitrogens with zero attached hydrogens (tertiary/aromatic N) is 6. The van der Waals surface area contributed by atoms with E-state index in [2.05, 4.69) is 20.7 Å². The molecule has 11 atom stereocenters. The lowest BCUT2D eigenvalue weighted by Gasteiger charge is -2.42. The number of hydrogen-bond acceptors (Lipinski definition) is 14. The second-order valence-corrected chi connectivity index (χ2v) is 23.9. The average Bonchev–Trinajstić information content (AvgIpc) is 3.21. The van der Waals surface area contributed by atoms with Crippen LogP contribution in [0.25, 0.3) is 0 Å². The van der Waals surface area contributed by atoms with Crippen molar-refractivity contribution in [1.29, 1.82) is 0 Å². The highest BCUT2D eigenvalue weighted by molar-refractivity contribution is 5.98. The van der Waals surface area contributed by atoms with Crippen LogP contribution in [0.2, 0.25) is 0 Å². The van der Waals surface area contributed by atoms with Crippen molar-refractivity contribution in [2.45, 2.75) is 203 Å². The van der Waals surface area contributed by atoms with Crippen molar-refractivity contribution >= 4 is 65.1 Å². The van der Waals surface area contributed by atoms with Crippen molar-refractivity contribution in [1.82, 2.24) is 45.3 Å². The van der Waals surface area contributed by atoms with Gasteiger partial charge in [-0.1, -0.05) is 95.2 Å². The van der Waals surface area contributed by atoms with Gasteiger partial charge in [-0.3, -0.25) is 47.9 Å². The Hall–Kier alpha value is -6.34. The summed E-state index contributed by atoms with van der Waals surface area (Å²) in [6.07, 6.45) is -4.22. The number of carbonyl (C=O) groups is 11. The van der Waals surface area contributed by atoms with Gasteiger partial charge in [-0.05, 0) is 88.4 Å². The molecular weight excluding hydrogens is 1100 g/mol. The third kappa shape index (κ3) is 22.9. The SMILES string of the molecule is C/C=C/C[C@@H](C)[C@@H](OC(=O)C(F)(F)F)[C@@H](C(=O)N[C@@H](CC)C(=O)N(C)CC(=O)OC)N(C)C(=O)[C@H](C(C)C)N(C)C(=O)[C@H](CC(C)C)N(C)C(=O)[C@H](CC(C)C)N(C)C(=O)C(C)NC(=O)[C@@H](C)NC(=O)[C@H](CC(C)C)N(C)C(=O)[C@@H](N)C(C)C. The predicted octanol–water partition coefficient (Wildman–Crippen LogP) is 3.51. The van der Waals surface area contributed by atoms with E-state index >= 15 is 9.59 Å². The minimum Gasteiger partial charge on any atom is -0.468 e. The molecule has 0 rings (SSSR count). The average molecular weight is 1200 g/mol. The maximum Gasteiger partial charge on any atom is 0.490 e. The van der Waals surface area contributed by atoms with Crippen molar-refractivity contribution in [3.8, 4) is 0 Å².